The molecule has 0 aromatic rings. The first kappa shape index (κ1) is 13.8. The van der Waals surface area contributed by atoms with E-state index >= 15 is 0 Å². The average molecular weight is 212 g/mol. The lowest BCUT2D eigenvalue weighted by Gasteiger charge is -2.19. The Morgan fingerprint density at radius 2 is 1.67 bits per heavy atom. The molecule has 0 aromatic heterocycles. The van der Waals surface area contributed by atoms with Crippen molar-refractivity contribution in [3.8, 4) is 0 Å². The Hall–Kier alpha value is -1.15. The van der Waals surface area contributed by atoms with E-state index in [1.54, 1.807) is 20.8 Å². The van der Waals surface area contributed by atoms with Gasteiger partial charge in [0.05, 0.1) is 6.42 Å². The minimum Gasteiger partial charge on any atom is -0.451 e. The Morgan fingerprint density at radius 1 is 1.20 bits per heavy atom. The molecule has 86 valence electrons. The normalized spacial score (nSPS) is 11.9. The summed E-state index contributed by atoms with van der Waals surface area (Å²) in [6.45, 7) is 11.2. The highest BCUT2D eigenvalue weighted by atomic mass is 16.6. The molecule has 0 spiro atoms. The van der Waals surface area contributed by atoms with E-state index in [-0.39, 0.29) is 11.1 Å². The lowest BCUT2D eigenvalue weighted by molar-refractivity contribution is -0.151. The van der Waals surface area contributed by atoms with Crippen LogP contribution in [-0.2, 0) is 9.53 Å². The van der Waals surface area contributed by atoms with Gasteiger partial charge >= 0.3 is 11.7 Å². The van der Waals surface area contributed by atoms with Crippen LogP contribution in [0.25, 0.3) is 5.53 Å². The highest BCUT2D eigenvalue weighted by molar-refractivity contribution is 6.34. The second kappa shape index (κ2) is 4.58. The van der Waals surface area contributed by atoms with Crippen molar-refractivity contribution in [3.05, 3.63) is 5.53 Å². The molecule has 4 heteroatoms. The van der Waals surface area contributed by atoms with Gasteiger partial charge in [-0.1, -0.05) is 20.8 Å². The van der Waals surface area contributed by atoms with E-state index in [0.29, 0.717) is 6.42 Å². The van der Waals surface area contributed by atoms with Gasteiger partial charge in [-0.25, -0.2) is 4.79 Å². The van der Waals surface area contributed by atoms with Gasteiger partial charge < -0.3 is 10.3 Å². The summed E-state index contributed by atoms with van der Waals surface area (Å²) in [5.41, 5.74) is 8.13. The molecule has 0 radical (unpaired) electrons. The number of hydrogen-bond donors (Lipinski definition) is 0. The molecule has 0 rings (SSSR count). The maximum absolute atomic E-state index is 11.6. The van der Waals surface area contributed by atoms with Crippen molar-refractivity contribution in [2.24, 2.45) is 5.41 Å². The van der Waals surface area contributed by atoms with Crippen LogP contribution in [-0.4, -0.2) is 22.1 Å². The molecule has 0 saturated heterocycles. The number of ether oxygens (including phenoxy) is 1. The predicted octanol–water partition coefficient (Wildman–Crippen LogP) is 2.44. The van der Waals surface area contributed by atoms with E-state index in [1.165, 1.54) is 0 Å². The molecule has 0 fully saturated rings. The molecule has 0 aliphatic heterocycles. The summed E-state index contributed by atoms with van der Waals surface area (Å²) < 4.78 is 5.11. The van der Waals surface area contributed by atoms with Crippen LogP contribution in [0.1, 0.15) is 48.0 Å². The molecule has 0 amide bonds. The molecular formula is C11H20N2O2. The summed E-state index contributed by atoms with van der Waals surface area (Å²) in [5, 5.41) is 0. The molecule has 0 aliphatic rings. The van der Waals surface area contributed by atoms with Crippen LogP contribution in [0.5, 0.6) is 0 Å². The van der Waals surface area contributed by atoms with Crippen molar-refractivity contribution in [1.82, 2.24) is 0 Å². The average Bonchev–Trinajstić information content (AvgIpc) is 1.94. The van der Waals surface area contributed by atoms with Crippen molar-refractivity contribution in [1.29, 1.82) is 0 Å². The van der Waals surface area contributed by atoms with Gasteiger partial charge in [0.15, 0.2) is 0 Å². The lowest BCUT2D eigenvalue weighted by Crippen LogP contribution is -2.31. The zero-order valence-electron chi connectivity index (χ0n) is 10.4. The summed E-state index contributed by atoms with van der Waals surface area (Å²) in [5.74, 6) is -0.556. The first-order chi connectivity index (χ1) is 6.55. The van der Waals surface area contributed by atoms with Gasteiger partial charge in [0.2, 0.25) is 0 Å². The first-order valence-corrected chi connectivity index (χ1v) is 4.99. The molecule has 15 heavy (non-hydrogen) atoms. The second-order valence-corrected chi connectivity index (χ2v) is 5.79. The fraction of sp³-hybridized carbons (Fsp3) is 0.818. The minimum atomic E-state index is -0.565. The quantitative estimate of drug-likeness (QED) is 0.305. The molecular weight excluding hydrogens is 192 g/mol. The third-order valence-electron chi connectivity index (χ3n) is 1.45. The highest BCUT2D eigenvalue weighted by Crippen LogP contribution is 2.19. The Bertz CT molecular complexity index is 289. The molecule has 0 bridgehead atoms. The summed E-state index contributed by atoms with van der Waals surface area (Å²) in [4.78, 5) is 14.6. The summed E-state index contributed by atoms with van der Waals surface area (Å²) in [7, 11) is 0. The SMILES string of the molecule is CC(C)(C)CC(=[N+]=[N-])C(=O)OC(C)(C)C. The Kier molecular flexibility index (Phi) is 4.23. The molecule has 0 aromatic carbocycles. The van der Waals surface area contributed by atoms with Crippen LogP contribution in [0, 0.1) is 5.41 Å². The van der Waals surface area contributed by atoms with Crippen molar-refractivity contribution in [2.45, 2.75) is 53.6 Å². The van der Waals surface area contributed by atoms with E-state index in [2.05, 4.69) is 4.79 Å². The molecule has 0 N–H and O–H groups in total. The van der Waals surface area contributed by atoms with Crippen molar-refractivity contribution >= 4 is 11.7 Å². The number of hydrogen-bond acceptors (Lipinski definition) is 2. The summed E-state index contributed by atoms with van der Waals surface area (Å²) in [6, 6.07) is 0. The van der Waals surface area contributed by atoms with Crippen molar-refractivity contribution < 1.29 is 14.3 Å². The van der Waals surface area contributed by atoms with Gasteiger partial charge in [-0.2, -0.15) is 4.79 Å². The largest absolute Gasteiger partial charge is 0.451 e. The lowest BCUT2D eigenvalue weighted by atomic mass is 9.89. The number of carbonyl (C=O) groups is 1. The van der Waals surface area contributed by atoms with Crippen LogP contribution < -0.4 is 0 Å². The van der Waals surface area contributed by atoms with Gasteiger partial charge in [-0.3, -0.25) is 0 Å². The number of rotatable bonds is 2. The fourth-order valence-electron chi connectivity index (χ4n) is 0.988. The van der Waals surface area contributed by atoms with E-state index in [4.69, 9.17) is 10.3 Å². The third kappa shape index (κ3) is 6.86. The maximum atomic E-state index is 11.6. The maximum Gasteiger partial charge on any atom is 0.417 e. The van der Waals surface area contributed by atoms with Crippen LogP contribution in [0.3, 0.4) is 0 Å². The monoisotopic (exact) mass is 212 g/mol. The zero-order valence-corrected chi connectivity index (χ0v) is 10.4. The molecule has 0 saturated carbocycles. The van der Waals surface area contributed by atoms with Crippen LogP contribution in [0.4, 0.5) is 0 Å². The molecule has 0 atom stereocenters. The van der Waals surface area contributed by atoms with E-state index in [9.17, 15) is 4.79 Å². The summed E-state index contributed by atoms with van der Waals surface area (Å²) >= 11 is 0. The second-order valence-electron chi connectivity index (χ2n) is 5.79. The first-order valence-electron chi connectivity index (χ1n) is 4.99. The van der Waals surface area contributed by atoms with Gasteiger partial charge in [0.25, 0.3) is 0 Å². The predicted molar refractivity (Wildman–Crippen MR) is 58.5 cm³/mol. The van der Waals surface area contributed by atoms with Gasteiger partial charge in [-0.15, -0.1) is 0 Å². The van der Waals surface area contributed by atoms with E-state index in [1.807, 2.05) is 20.8 Å². The van der Waals surface area contributed by atoms with Crippen LogP contribution in [0.2, 0.25) is 0 Å². The minimum absolute atomic E-state index is 0.0671. The molecule has 4 nitrogen and oxygen atoms in total. The van der Waals surface area contributed by atoms with Crippen molar-refractivity contribution in [3.63, 3.8) is 0 Å². The molecule has 0 heterocycles. The summed E-state index contributed by atoms with van der Waals surface area (Å²) in [6.07, 6.45) is 0.387. The Balaban J connectivity index is 4.60. The van der Waals surface area contributed by atoms with Crippen LogP contribution >= 0.6 is 0 Å². The smallest absolute Gasteiger partial charge is 0.417 e. The van der Waals surface area contributed by atoms with E-state index in [0.717, 1.165) is 0 Å². The Labute approximate surface area is 91.2 Å². The van der Waals surface area contributed by atoms with Gasteiger partial charge in [-0.05, 0) is 26.2 Å². The van der Waals surface area contributed by atoms with E-state index < -0.39 is 11.6 Å². The number of esters is 1. The third-order valence-corrected chi connectivity index (χ3v) is 1.45. The zero-order chi connectivity index (χ0) is 12.3. The molecule has 0 aliphatic carbocycles. The standard InChI is InChI=1S/C11H20N2O2/c1-10(2,3)7-8(13-12)9(14)15-11(4,5)6/h7H2,1-6H3. The fourth-order valence-corrected chi connectivity index (χ4v) is 0.988. The number of nitrogens with zero attached hydrogens (tertiary/aromatic N) is 2. The highest BCUT2D eigenvalue weighted by Gasteiger charge is 2.31. The Morgan fingerprint density at radius 3 is 1.93 bits per heavy atom. The van der Waals surface area contributed by atoms with Gasteiger partial charge in [0.1, 0.15) is 5.60 Å². The number of carbonyl (C=O) groups excluding carboxylic acids is 1. The van der Waals surface area contributed by atoms with Crippen molar-refractivity contribution in [2.75, 3.05) is 0 Å². The van der Waals surface area contributed by atoms with Gasteiger partial charge in [0, 0.05) is 0 Å². The topological polar surface area (TPSA) is 62.7 Å². The molecule has 0 unspecified atom stereocenters. The van der Waals surface area contributed by atoms with Crippen LogP contribution in [0.15, 0.2) is 0 Å².